The van der Waals surface area contributed by atoms with Crippen molar-refractivity contribution in [2.24, 2.45) is 22.7 Å². The quantitative estimate of drug-likeness (QED) is 0.290. The molecule has 0 aromatic heterocycles. The Balaban J connectivity index is 1.52. The molecule has 0 amide bonds. The molecule has 0 aromatic rings. The predicted octanol–water partition coefficient (Wildman–Crippen LogP) is 7.43. The Kier molecular flexibility index (Phi) is 7.79. The Morgan fingerprint density at radius 3 is 1.50 bits per heavy atom. The third-order valence-corrected chi connectivity index (χ3v) is 8.29. The maximum atomic E-state index is 12.4. The van der Waals surface area contributed by atoms with Gasteiger partial charge in [-0.1, -0.05) is 39.5 Å². The molecule has 0 radical (unpaired) electrons. The van der Waals surface area contributed by atoms with Gasteiger partial charge >= 0.3 is 0 Å². The van der Waals surface area contributed by atoms with Crippen molar-refractivity contribution in [1.82, 2.24) is 0 Å². The molecule has 4 saturated carbocycles. The standard InChI is InChI=1S/C26H44O2/c1-3-5-7-9-23(27)11-13-25-16-21-15-22(17-25)19-26(18-21,20-25)14-12-24(28)10-8-6-4-2/h21-22H,3-20H2,1-2H3. The summed E-state index contributed by atoms with van der Waals surface area (Å²) in [6, 6.07) is 0. The second kappa shape index (κ2) is 9.90. The molecule has 0 unspecified atom stereocenters. The normalized spacial score (nSPS) is 33.4. The molecule has 0 aliphatic heterocycles. The molecule has 4 rings (SSSR count). The van der Waals surface area contributed by atoms with Crippen LogP contribution in [0.3, 0.4) is 0 Å². The van der Waals surface area contributed by atoms with Gasteiger partial charge in [0.2, 0.25) is 0 Å². The van der Waals surface area contributed by atoms with Gasteiger partial charge in [0.1, 0.15) is 11.6 Å². The van der Waals surface area contributed by atoms with Crippen LogP contribution in [-0.4, -0.2) is 11.6 Å². The van der Waals surface area contributed by atoms with Gasteiger partial charge in [-0.05, 0) is 86.9 Å². The summed E-state index contributed by atoms with van der Waals surface area (Å²) in [5.74, 6) is 2.77. The van der Waals surface area contributed by atoms with Crippen LogP contribution in [0.2, 0.25) is 0 Å². The summed E-state index contributed by atoms with van der Waals surface area (Å²) in [7, 11) is 0. The van der Waals surface area contributed by atoms with Gasteiger partial charge in [0.25, 0.3) is 0 Å². The number of rotatable bonds is 14. The summed E-state index contributed by atoms with van der Waals surface area (Å²) in [6.07, 6.45) is 20.7. The topological polar surface area (TPSA) is 34.1 Å². The molecule has 160 valence electrons. The minimum atomic E-state index is 0.440. The van der Waals surface area contributed by atoms with Crippen LogP contribution < -0.4 is 0 Å². The van der Waals surface area contributed by atoms with Gasteiger partial charge in [-0.3, -0.25) is 9.59 Å². The third kappa shape index (κ3) is 5.70. The lowest BCUT2D eigenvalue weighted by Gasteiger charge is -2.62. The van der Waals surface area contributed by atoms with Gasteiger partial charge in [-0.15, -0.1) is 0 Å². The van der Waals surface area contributed by atoms with Crippen LogP contribution in [0, 0.1) is 22.7 Å². The Morgan fingerprint density at radius 1 is 0.679 bits per heavy atom. The van der Waals surface area contributed by atoms with Crippen molar-refractivity contribution >= 4 is 11.6 Å². The van der Waals surface area contributed by atoms with Crippen LogP contribution in [0.1, 0.15) is 129 Å². The molecule has 4 bridgehead atoms. The first-order valence-electron chi connectivity index (χ1n) is 12.5. The summed E-state index contributed by atoms with van der Waals surface area (Å²) < 4.78 is 0. The highest BCUT2D eigenvalue weighted by atomic mass is 16.1. The second-order valence-electron chi connectivity index (χ2n) is 11.0. The smallest absolute Gasteiger partial charge is 0.132 e. The van der Waals surface area contributed by atoms with E-state index in [9.17, 15) is 9.59 Å². The summed E-state index contributed by atoms with van der Waals surface area (Å²) in [4.78, 5) is 24.8. The molecule has 4 aliphatic carbocycles. The summed E-state index contributed by atoms with van der Waals surface area (Å²) in [6.45, 7) is 4.40. The lowest BCUT2D eigenvalue weighted by molar-refractivity contribution is -0.133. The maximum Gasteiger partial charge on any atom is 0.132 e. The summed E-state index contributed by atoms with van der Waals surface area (Å²) >= 11 is 0. The van der Waals surface area contributed by atoms with E-state index >= 15 is 0 Å². The van der Waals surface area contributed by atoms with E-state index in [1.54, 1.807) is 0 Å². The largest absolute Gasteiger partial charge is 0.300 e. The van der Waals surface area contributed by atoms with Gasteiger partial charge in [0.05, 0.1) is 0 Å². The number of hydrogen-bond donors (Lipinski definition) is 0. The van der Waals surface area contributed by atoms with Crippen molar-refractivity contribution in [3.8, 4) is 0 Å². The molecule has 0 atom stereocenters. The highest BCUT2D eigenvalue weighted by molar-refractivity contribution is 5.78. The molecule has 0 heterocycles. The zero-order valence-electron chi connectivity index (χ0n) is 18.7. The zero-order chi connectivity index (χ0) is 20.0. The molecule has 0 spiro atoms. The molecule has 4 fully saturated rings. The molecular formula is C26H44O2. The summed E-state index contributed by atoms with van der Waals surface area (Å²) in [5.41, 5.74) is 0.880. The first-order valence-corrected chi connectivity index (χ1v) is 12.5. The highest BCUT2D eigenvalue weighted by Gasteiger charge is 2.56. The number of carbonyl (C=O) groups excluding carboxylic acids is 2. The first kappa shape index (κ1) is 22.0. The summed E-state index contributed by atoms with van der Waals surface area (Å²) in [5, 5.41) is 0. The molecule has 0 N–H and O–H groups in total. The SMILES string of the molecule is CCCCCC(=O)CCC12CC3CC(C1)CC(CCC(=O)CCCCC)(C3)C2. The van der Waals surface area contributed by atoms with Crippen LogP contribution in [-0.2, 0) is 9.59 Å². The number of unbranched alkanes of at least 4 members (excludes halogenated alkanes) is 4. The van der Waals surface area contributed by atoms with Crippen LogP contribution >= 0.6 is 0 Å². The van der Waals surface area contributed by atoms with Gasteiger partial charge < -0.3 is 0 Å². The van der Waals surface area contributed by atoms with Gasteiger partial charge in [0, 0.05) is 25.7 Å². The fraction of sp³-hybridized carbons (Fsp3) is 0.923. The first-order chi connectivity index (χ1) is 13.5. The van der Waals surface area contributed by atoms with Crippen LogP contribution in [0.15, 0.2) is 0 Å². The van der Waals surface area contributed by atoms with Crippen LogP contribution in [0.4, 0.5) is 0 Å². The Labute approximate surface area is 173 Å². The van der Waals surface area contributed by atoms with Crippen molar-refractivity contribution < 1.29 is 9.59 Å². The minimum Gasteiger partial charge on any atom is -0.300 e. The maximum absolute atomic E-state index is 12.4. The number of carbonyl (C=O) groups is 2. The van der Waals surface area contributed by atoms with Gasteiger partial charge in [-0.2, -0.15) is 0 Å². The second-order valence-corrected chi connectivity index (χ2v) is 11.0. The average Bonchev–Trinajstić information content (AvgIpc) is 2.64. The predicted molar refractivity (Wildman–Crippen MR) is 116 cm³/mol. The number of Topliss-reactive ketones (excluding diaryl/α,β-unsaturated/α-hetero) is 2. The molecule has 0 saturated heterocycles. The van der Waals surface area contributed by atoms with E-state index in [4.69, 9.17) is 0 Å². The van der Waals surface area contributed by atoms with Crippen molar-refractivity contribution in [2.45, 2.75) is 129 Å². The van der Waals surface area contributed by atoms with Crippen molar-refractivity contribution in [2.75, 3.05) is 0 Å². The highest BCUT2D eigenvalue weighted by Crippen LogP contribution is 2.67. The van der Waals surface area contributed by atoms with E-state index in [2.05, 4.69) is 13.8 Å². The fourth-order valence-corrected chi connectivity index (χ4v) is 7.44. The molecule has 28 heavy (non-hydrogen) atoms. The van der Waals surface area contributed by atoms with Crippen LogP contribution in [0.25, 0.3) is 0 Å². The molecule has 2 nitrogen and oxygen atoms in total. The van der Waals surface area contributed by atoms with Gasteiger partial charge in [0.15, 0.2) is 0 Å². The number of hydrogen-bond acceptors (Lipinski definition) is 2. The van der Waals surface area contributed by atoms with Crippen molar-refractivity contribution in [3.63, 3.8) is 0 Å². The van der Waals surface area contributed by atoms with E-state index in [1.165, 1.54) is 64.2 Å². The van der Waals surface area contributed by atoms with E-state index in [1.807, 2.05) is 0 Å². The zero-order valence-corrected chi connectivity index (χ0v) is 18.7. The molecule has 4 aliphatic rings. The van der Waals surface area contributed by atoms with Gasteiger partial charge in [-0.25, -0.2) is 0 Å². The fourth-order valence-electron chi connectivity index (χ4n) is 7.44. The van der Waals surface area contributed by atoms with E-state index in [0.717, 1.165) is 63.2 Å². The third-order valence-electron chi connectivity index (χ3n) is 8.29. The van der Waals surface area contributed by atoms with Crippen molar-refractivity contribution in [3.05, 3.63) is 0 Å². The average molecular weight is 389 g/mol. The molecule has 2 heteroatoms. The Bertz CT molecular complexity index is 477. The number of ketones is 2. The minimum absolute atomic E-state index is 0.440. The molecule has 0 aromatic carbocycles. The van der Waals surface area contributed by atoms with E-state index in [-0.39, 0.29) is 0 Å². The van der Waals surface area contributed by atoms with Crippen LogP contribution in [0.5, 0.6) is 0 Å². The lowest BCUT2D eigenvalue weighted by atomic mass is 9.42. The van der Waals surface area contributed by atoms with Crippen molar-refractivity contribution in [1.29, 1.82) is 0 Å². The Morgan fingerprint density at radius 2 is 1.11 bits per heavy atom. The Hall–Kier alpha value is -0.660. The monoisotopic (exact) mass is 388 g/mol. The lowest BCUT2D eigenvalue weighted by Crippen LogP contribution is -2.52. The van der Waals surface area contributed by atoms with E-state index < -0.39 is 0 Å². The van der Waals surface area contributed by atoms with E-state index in [0.29, 0.717) is 22.4 Å². The molecular weight excluding hydrogens is 344 g/mol.